The van der Waals surface area contributed by atoms with Gasteiger partial charge in [-0.05, 0) is 41.8 Å². The van der Waals surface area contributed by atoms with Crippen molar-refractivity contribution < 1.29 is 18.3 Å². The summed E-state index contributed by atoms with van der Waals surface area (Å²) < 4.78 is 28.7. The lowest BCUT2D eigenvalue weighted by Gasteiger charge is -2.06. The molecule has 0 N–H and O–H groups in total. The lowest BCUT2D eigenvalue weighted by molar-refractivity contribution is -0.0498. The van der Waals surface area contributed by atoms with Crippen molar-refractivity contribution in [2.24, 2.45) is 0 Å². The van der Waals surface area contributed by atoms with E-state index in [1.54, 1.807) is 17.9 Å². The van der Waals surface area contributed by atoms with E-state index in [0.717, 1.165) is 10.8 Å². The SMILES string of the molecule is O=C(Cc1cc2cc(-c3nncs3)ncc2cn1)c1ccc(OC(F)F)cc1. The zero-order valence-electron chi connectivity index (χ0n) is 14.3. The van der Waals surface area contributed by atoms with Crippen LogP contribution in [0.3, 0.4) is 0 Å². The van der Waals surface area contributed by atoms with E-state index in [1.165, 1.54) is 35.6 Å². The Kier molecular flexibility index (Phi) is 4.98. The lowest BCUT2D eigenvalue weighted by atomic mass is 10.0. The van der Waals surface area contributed by atoms with Crippen LogP contribution in [0.2, 0.25) is 0 Å². The second-order valence-electron chi connectivity index (χ2n) is 5.84. The monoisotopic (exact) mass is 398 g/mol. The first kappa shape index (κ1) is 18.1. The molecule has 0 radical (unpaired) electrons. The van der Waals surface area contributed by atoms with Crippen LogP contribution in [0.25, 0.3) is 21.5 Å². The Hall–Kier alpha value is -3.33. The molecule has 9 heteroatoms. The number of hydrogen-bond acceptors (Lipinski definition) is 7. The van der Waals surface area contributed by atoms with E-state index in [2.05, 4.69) is 24.9 Å². The van der Waals surface area contributed by atoms with Gasteiger partial charge in [-0.25, -0.2) is 0 Å². The largest absolute Gasteiger partial charge is 0.435 e. The fourth-order valence-corrected chi connectivity index (χ4v) is 3.19. The van der Waals surface area contributed by atoms with Crippen molar-refractivity contribution in [2.45, 2.75) is 13.0 Å². The summed E-state index contributed by atoms with van der Waals surface area (Å²) in [6, 6.07) is 9.30. The molecule has 0 saturated heterocycles. The number of ether oxygens (including phenoxy) is 1. The number of rotatable bonds is 6. The molecule has 0 aliphatic rings. The van der Waals surface area contributed by atoms with E-state index < -0.39 is 6.61 Å². The number of alkyl halides is 2. The molecule has 0 atom stereocenters. The minimum atomic E-state index is -2.90. The first-order valence-corrected chi connectivity index (χ1v) is 9.06. The molecular formula is C19H12F2N4O2S. The van der Waals surface area contributed by atoms with Gasteiger partial charge in [0.05, 0.1) is 6.42 Å². The fourth-order valence-electron chi connectivity index (χ4n) is 2.67. The normalized spacial score (nSPS) is 11.1. The van der Waals surface area contributed by atoms with Crippen molar-refractivity contribution in [2.75, 3.05) is 0 Å². The lowest BCUT2D eigenvalue weighted by Crippen LogP contribution is -2.06. The summed E-state index contributed by atoms with van der Waals surface area (Å²) in [7, 11) is 0. The molecule has 140 valence electrons. The van der Waals surface area contributed by atoms with Gasteiger partial charge in [0.2, 0.25) is 0 Å². The topological polar surface area (TPSA) is 77.9 Å². The molecule has 4 rings (SSSR count). The van der Waals surface area contributed by atoms with Crippen LogP contribution >= 0.6 is 11.3 Å². The molecule has 0 fully saturated rings. The number of nitrogens with zero attached hydrogens (tertiary/aromatic N) is 4. The number of ketones is 1. The summed E-state index contributed by atoms with van der Waals surface area (Å²) in [5, 5.41) is 10.3. The highest BCUT2D eigenvalue weighted by Crippen LogP contribution is 2.23. The molecule has 1 aromatic carbocycles. The third-order valence-electron chi connectivity index (χ3n) is 3.98. The fraction of sp³-hybridized carbons (Fsp3) is 0.105. The maximum atomic E-state index is 12.5. The summed E-state index contributed by atoms with van der Waals surface area (Å²) in [4.78, 5) is 21.1. The van der Waals surface area contributed by atoms with Gasteiger partial charge >= 0.3 is 6.61 Å². The van der Waals surface area contributed by atoms with Gasteiger partial charge in [-0.3, -0.25) is 14.8 Å². The molecule has 3 heterocycles. The molecule has 0 aliphatic carbocycles. The second-order valence-corrected chi connectivity index (χ2v) is 6.67. The Morgan fingerprint density at radius 1 is 1.07 bits per heavy atom. The van der Waals surface area contributed by atoms with E-state index >= 15 is 0 Å². The molecular weight excluding hydrogens is 386 g/mol. The van der Waals surface area contributed by atoms with Crippen molar-refractivity contribution in [3.8, 4) is 16.5 Å². The molecule has 0 amide bonds. The van der Waals surface area contributed by atoms with Crippen molar-refractivity contribution >= 4 is 27.9 Å². The first-order chi connectivity index (χ1) is 13.6. The zero-order valence-corrected chi connectivity index (χ0v) is 15.1. The summed E-state index contributed by atoms with van der Waals surface area (Å²) >= 11 is 1.39. The van der Waals surface area contributed by atoms with Crippen molar-refractivity contribution in [1.82, 2.24) is 20.2 Å². The highest BCUT2D eigenvalue weighted by molar-refractivity contribution is 7.12. The van der Waals surface area contributed by atoms with Gasteiger partial charge in [0, 0.05) is 29.0 Å². The Morgan fingerprint density at radius 3 is 2.57 bits per heavy atom. The van der Waals surface area contributed by atoms with Crippen molar-refractivity contribution in [1.29, 1.82) is 0 Å². The van der Waals surface area contributed by atoms with Crippen LogP contribution in [0.4, 0.5) is 8.78 Å². The van der Waals surface area contributed by atoms with E-state index in [1.807, 2.05) is 12.1 Å². The van der Waals surface area contributed by atoms with Crippen LogP contribution < -0.4 is 4.74 Å². The number of fused-ring (bicyclic) bond motifs is 1. The molecule has 4 aromatic rings. The van der Waals surface area contributed by atoms with Crippen LogP contribution in [-0.2, 0) is 6.42 Å². The van der Waals surface area contributed by atoms with Crippen LogP contribution in [0.15, 0.2) is 54.3 Å². The van der Waals surface area contributed by atoms with Gasteiger partial charge in [-0.2, -0.15) is 8.78 Å². The predicted molar refractivity (Wildman–Crippen MR) is 99.5 cm³/mol. The second kappa shape index (κ2) is 7.73. The van der Waals surface area contributed by atoms with Crippen molar-refractivity contribution in [3.63, 3.8) is 0 Å². The van der Waals surface area contributed by atoms with Gasteiger partial charge < -0.3 is 4.74 Å². The van der Waals surface area contributed by atoms with Crippen LogP contribution in [0, 0.1) is 0 Å². The maximum Gasteiger partial charge on any atom is 0.387 e. The number of halogens is 2. The number of carbonyl (C=O) groups excluding carboxylic acids is 1. The minimum absolute atomic E-state index is 0.00656. The van der Waals surface area contributed by atoms with E-state index in [9.17, 15) is 13.6 Å². The summed E-state index contributed by atoms with van der Waals surface area (Å²) in [6.07, 6.45) is 3.45. The van der Waals surface area contributed by atoms with E-state index in [-0.39, 0.29) is 18.0 Å². The summed E-state index contributed by atoms with van der Waals surface area (Å²) in [5.41, 5.74) is 3.33. The molecule has 0 unspecified atom stereocenters. The molecule has 6 nitrogen and oxygen atoms in total. The number of carbonyl (C=O) groups is 1. The molecule has 0 saturated carbocycles. The number of aromatic nitrogens is 4. The standard InChI is InChI=1S/C19H12F2N4O2S/c20-19(21)27-15-3-1-11(2-4-15)17(26)7-14-5-12-6-16(18-25-24-10-28-18)23-9-13(12)8-22-14/h1-6,8-10,19H,7H2. The Balaban J connectivity index is 1.54. The quantitative estimate of drug-likeness (QED) is 0.454. The third kappa shape index (κ3) is 3.99. The van der Waals surface area contributed by atoms with Gasteiger partial charge in [-0.1, -0.05) is 11.3 Å². The smallest absolute Gasteiger partial charge is 0.387 e. The molecule has 3 aromatic heterocycles. The summed E-state index contributed by atoms with van der Waals surface area (Å²) in [5.74, 6) is -0.166. The van der Waals surface area contributed by atoms with Gasteiger partial charge in [-0.15, -0.1) is 10.2 Å². The van der Waals surface area contributed by atoms with Crippen LogP contribution in [0.1, 0.15) is 16.1 Å². The third-order valence-corrected chi connectivity index (χ3v) is 4.70. The number of Topliss-reactive ketones (excluding diaryl/α,β-unsaturated/α-hetero) is 1. The minimum Gasteiger partial charge on any atom is -0.435 e. The van der Waals surface area contributed by atoms with Gasteiger partial charge in [0.15, 0.2) is 10.8 Å². The Bertz CT molecular complexity index is 1120. The zero-order chi connectivity index (χ0) is 19.5. The highest BCUT2D eigenvalue weighted by atomic mass is 32.1. The van der Waals surface area contributed by atoms with Gasteiger partial charge in [0.1, 0.15) is 17.0 Å². The molecule has 0 bridgehead atoms. The predicted octanol–water partition coefficient (Wildman–Crippen LogP) is 4.18. The Labute approximate surface area is 161 Å². The van der Waals surface area contributed by atoms with E-state index in [4.69, 9.17) is 0 Å². The number of pyridine rings is 2. The molecule has 0 spiro atoms. The molecule has 28 heavy (non-hydrogen) atoms. The van der Waals surface area contributed by atoms with Crippen molar-refractivity contribution in [3.05, 3.63) is 65.6 Å². The van der Waals surface area contributed by atoms with Crippen LogP contribution in [-0.4, -0.2) is 32.6 Å². The van der Waals surface area contributed by atoms with Gasteiger partial charge in [0.25, 0.3) is 0 Å². The maximum absolute atomic E-state index is 12.5. The highest BCUT2D eigenvalue weighted by Gasteiger charge is 2.11. The Morgan fingerprint density at radius 2 is 1.86 bits per heavy atom. The first-order valence-electron chi connectivity index (χ1n) is 8.18. The summed E-state index contributed by atoms with van der Waals surface area (Å²) in [6.45, 7) is -2.90. The number of hydrogen-bond donors (Lipinski definition) is 0. The van der Waals surface area contributed by atoms with Crippen LogP contribution in [0.5, 0.6) is 5.75 Å². The van der Waals surface area contributed by atoms with E-state index in [0.29, 0.717) is 22.0 Å². The number of benzene rings is 1. The molecule has 0 aliphatic heterocycles. The average molecular weight is 398 g/mol. The average Bonchev–Trinajstić information content (AvgIpc) is 3.22.